The molecule has 7 heteroatoms. The van der Waals surface area contributed by atoms with Crippen LogP contribution in [0.25, 0.3) is 0 Å². The highest BCUT2D eigenvalue weighted by Crippen LogP contribution is 2.28. The molecular formula is C9H9BrN4S2. The lowest BCUT2D eigenvalue weighted by Gasteiger charge is -2.05. The predicted molar refractivity (Wildman–Crippen MR) is 67.9 cm³/mol. The Labute approximate surface area is 110 Å². The van der Waals surface area contributed by atoms with Gasteiger partial charge >= 0.3 is 0 Å². The van der Waals surface area contributed by atoms with Gasteiger partial charge in [0.25, 0.3) is 0 Å². The Hall–Kier alpha value is -0.530. The molecule has 2 aromatic rings. The molecule has 16 heavy (non-hydrogen) atoms. The Morgan fingerprint density at radius 2 is 2.19 bits per heavy atom. The van der Waals surface area contributed by atoms with Crippen LogP contribution < -0.4 is 0 Å². The molecule has 0 fully saturated rings. The zero-order chi connectivity index (χ0) is 11.5. The lowest BCUT2D eigenvalue weighted by Crippen LogP contribution is -1.98. The molecule has 4 nitrogen and oxygen atoms in total. The molecule has 0 aliphatic heterocycles. The third-order valence-electron chi connectivity index (χ3n) is 1.74. The average Bonchev–Trinajstić information content (AvgIpc) is 2.69. The molecule has 2 aromatic heterocycles. The number of aromatic nitrogens is 4. The van der Waals surface area contributed by atoms with Gasteiger partial charge in [-0.25, -0.2) is 15.0 Å². The van der Waals surface area contributed by atoms with Crippen LogP contribution in [0.5, 0.6) is 0 Å². The first-order valence-corrected chi connectivity index (χ1v) is 7.02. The smallest absolute Gasteiger partial charge is 0.175 e. The summed E-state index contributed by atoms with van der Waals surface area (Å²) in [5.41, 5.74) is 0. The molecule has 2 rings (SSSR count). The number of nitrogens with zero attached hydrogens (tertiary/aromatic N) is 4. The van der Waals surface area contributed by atoms with Crippen molar-refractivity contribution in [3.8, 4) is 0 Å². The monoisotopic (exact) mass is 316 g/mol. The number of rotatable bonds is 3. The molecule has 0 saturated carbocycles. The summed E-state index contributed by atoms with van der Waals surface area (Å²) in [5.74, 6) is 1.15. The van der Waals surface area contributed by atoms with Crippen LogP contribution >= 0.6 is 39.2 Å². The molecule has 0 amide bonds. The summed E-state index contributed by atoms with van der Waals surface area (Å²) < 4.78 is 5.65. The van der Waals surface area contributed by atoms with Crippen molar-refractivity contribution in [1.29, 1.82) is 0 Å². The summed E-state index contributed by atoms with van der Waals surface area (Å²) in [4.78, 5) is 12.9. The summed E-state index contributed by atoms with van der Waals surface area (Å²) in [6.07, 6.45) is 1.55. The molecule has 0 aromatic carbocycles. The molecule has 2 heterocycles. The maximum absolute atomic E-state index is 4.47. The summed E-state index contributed by atoms with van der Waals surface area (Å²) in [5, 5.41) is 0.891. The lowest BCUT2D eigenvalue weighted by atomic mass is 10.2. The standard InChI is InChI=1S/C9H9BrN4S2/c1-5(2)8-13-6(10)3-7(14-8)15-9-11-4-12-16-9/h3-5H,1-2H3. The fourth-order valence-electron chi connectivity index (χ4n) is 1.02. The average molecular weight is 317 g/mol. The van der Waals surface area contributed by atoms with Gasteiger partial charge < -0.3 is 0 Å². The van der Waals surface area contributed by atoms with Crippen LogP contribution in [0.15, 0.2) is 26.4 Å². The van der Waals surface area contributed by atoms with Gasteiger partial charge in [-0.2, -0.15) is 4.37 Å². The minimum atomic E-state index is 0.311. The van der Waals surface area contributed by atoms with E-state index in [1.54, 1.807) is 6.33 Å². The summed E-state index contributed by atoms with van der Waals surface area (Å²) >= 11 is 6.26. The van der Waals surface area contributed by atoms with Crippen LogP contribution in [0.4, 0.5) is 0 Å². The number of halogens is 1. The normalized spacial score (nSPS) is 11.0. The first kappa shape index (κ1) is 11.9. The van der Waals surface area contributed by atoms with Crippen LogP contribution in [0.2, 0.25) is 0 Å². The van der Waals surface area contributed by atoms with Crippen molar-refractivity contribution in [2.45, 2.75) is 29.1 Å². The molecule has 0 N–H and O–H groups in total. The second-order valence-corrected chi connectivity index (χ2v) is 6.21. The van der Waals surface area contributed by atoms with Gasteiger partial charge in [0.2, 0.25) is 0 Å². The Morgan fingerprint density at radius 3 is 2.81 bits per heavy atom. The van der Waals surface area contributed by atoms with E-state index in [2.05, 4.69) is 49.1 Å². The van der Waals surface area contributed by atoms with Gasteiger partial charge in [0.15, 0.2) is 4.34 Å². The van der Waals surface area contributed by atoms with Crippen LogP contribution in [-0.4, -0.2) is 19.3 Å². The Morgan fingerprint density at radius 1 is 1.38 bits per heavy atom. The molecule has 0 atom stereocenters. The molecule has 0 unspecified atom stereocenters. The molecular weight excluding hydrogens is 308 g/mol. The van der Waals surface area contributed by atoms with Crippen molar-refractivity contribution in [1.82, 2.24) is 19.3 Å². The first-order chi connectivity index (χ1) is 7.65. The second-order valence-electron chi connectivity index (χ2n) is 3.35. The van der Waals surface area contributed by atoms with Gasteiger partial charge in [-0.3, -0.25) is 0 Å². The van der Waals surface area contributed by atoms with Crippen molar-refractivity contribution in [2.75, 3.05) is 0 Å². The van der Waals surface area contributed by atoms with Crippen molar-refractivity contribution in [3.63, 3.8) is 0 Å². The molecule has 84 valence electrons. The van der Waals surface area contributed by atoms with Gasteiger partial charge in [0.05, 0.1) is 0 Å². The van der Waals surface area contributed by atoms with E-state index in [9.17, 15) is 0 Å². The zero-order valence-electron chi connectivity index (χ0n) is 8.72. The van der Waals surface area contributed by atoms with Gasteiger partial charge in [0, 0.05) is 12.0 Å². The van der Waals surface area contributed by atoms with E-state index in [0.717, 1.165) is 19.8 Å². The van der Waals surface area contributed by atoms with E-state index < -0.39 is 0 Å². The van der Waals surface area contributed by atoms with Crippen LogP contribution in [-0.2, 0) is 0 Å². The molecule has 0 spiro atoms. The molecule has 0 aliphatic carbocycles. The highest BCUT2D eigenvalue weighted by molar-refractivity contribution is 9.10. The van der Waals surface area contributed by atoms with Gasteiger partial charge in [-0.15, -0.1) is 0 Å². The molecule has 0 aliphatic rings. The van der Waals surface area contributed by atoms with E-state index in [1.807, 2.05) is 6.07 Å². The van der Waals surface area contributed by atoms with Crippen LogP contribution in [0, 0.1) is 0 Å². The predicted octanol–water partition coefficient (Wildman–Crippen LogP) is 3.37. The topological polar surface area (TPSA) is 51.6 Å². The fraction of sp³-hybridized carbons (Fsp3) is 0.333. The fourth-order valence-corrected chi connectivity index (χ4v) is 2.97. The Balaban J connectivity index is 2.27. The highest BCUT2D eigenvalue weighted by Gasteiger charge is 2.09. The molecule has 0 bridgehead atoms. The van der Waals surface area contributed by atoms with E-state index in [-0.39, 0.29) is 0 Å². The zero-order valence-corrected chi connectivity index (χ0v) is 11.9. The van der Waals surface area contributed by atoms with Gasteiger partial charge in [-0.1, -0.05) is 13.8 Å². The van der Waals surface area contributed by atoms with E-state index in [0.29, 0.717) is 5.92 Å². The van der Waals surface area contributed by atoms with Crippen LogP contribution in [0.3, 0.4) is 0 Å². The quantitative estimate of drug-likeness (QED) is 0.813. The first-order valence-electron chi connectivity index (χ1n) is 4.64. The second kappa shape index (κ2) is 5.20. The maximum Gasteiger partial charge on any atom is 0.175 e. The third-order valence-corrected chi connectivity index (χ3v) is 3.78. The maximum atomic E-state index is 4.47. The summed E-state index contributed by atoms with van der Waals surface area (Å²) in [6.45, 7) is 4.14. The SMILES string of the molecule is CC(C)c1nc(Br)cc(Sc2ncns2)n1. The molecule has 0 saturated heterocycles. The summed E-state index contributed by atoms with van der Waals surface area (Å²) in [7, 11) is 0. The largest absolute Gasteiger partial charge is 0.226 e. The Kier molecular flexibility index (Phi) is 3.88. The minimum absolute atomic E-state index is 0.311. The highest BCUT2D eigenvalue weighted by atomic mass is 79.9. The minimum Gasteiger partial charge on any atom is -0.226 e. The van der Waals surface area contributed by atoms with Gasteiger partial charge in [-0.05, 0) is 39.2 Å². The van der Waals surface area contributed by atoms with Crippen molar-refractivity contribution >= 4 is 39.2 Å². The summed E-state index contributed by atoms with van der Waals surface area (Å²) in [6, 6.07) is 1.89. The van der Waals surface area contributed by atoms with Gasteiger partial charge in [0.1, 0.15) is 21.8 Å². The molecule has 0 radical (unpaired) electrons. The van der Waals surface area contributed by atoms with Crippen molar-refractivity contribution < 1.29 is 0 Å². The van der Waals surface area contributed by atoms with E-state index in [4.69, 9.17) is 0 Å². The van der Waals surface area contributed by atoms with E-state index >= 15 is 0 Å². The lowest BCUT2D eigenvalue weighted by molar-refractivity contribution is 0.747. The number of hydrogen-bond acceptors (Lipinski definition) is 6. The third kappa shape index (κ3) is 2.99. The van der Waals surface area contributed by atoms with E-state index in [1.165, 1.54) is 23.3 Å². The Bertz CT molecular complexity index is 472. The number of hydrogen-bond donors (Lipinski definition) is 0. The van der Waals surface area contributed by atoms with Crippen molar-refractivity contribution in [3.05, 3.63) is 22.8 Å². The van der Waals surface area contributed by atoms with Crippen LogP contribution in [0.1, 0.15) is 25.6 Å². The van der Waals surface area contributed by atoms with Crippen molar-refractivity contribution in [2.24, 2.45) is 0 Å².